The van der Waals surface area contributed by atoms with Crippen LogP contribution in [0.1, 0.15) is 40.6 Å². The van der Waals surface area contributed by atoms with E-state index in [4.69, 9.17) is 9.72 Å². The maximum Gasteiger partial charge on any atom is 0.358 e. The third-order valence-electron chi connectivity index (χ3n) is 7.22. The van der Waals surface area contributed by atoms with Gasteiger partial charge < -0.3 is 14.4 Å². The number of benzene rings is 1. The van der Waals surface area contributed by atoms with Crippen molar-refractivity contribution in [1.29, 1.82) is 0 Å². The van der Waals surface area contributed by atoms with Crippen LogP contribution in [0.4, 0.5) is 0 Å². The summed E-state index contributed by atoms with van der Waals surface area (Å²) < 4.78 is 11.2. The van der Waals surface area contributed by atoms with Gasteiger partial charge in [-0.3, -0.25) is 9.67 Å². The molecule has 5 heterocycles. The van der Waals surface area contributed by atoms with Crippen molar-refractivity contribution in [2.24, 2.45) is 20.0 Å². The van der Waals surface area contributed by atoms with E-state index >= 15 is 0 Å². The monoisotopic (exact) mass is 485 g/mol. The molecular weight excluding hydrogens is 458 g/mol. The van der Waals surface area contributed by atoms with E-state index in [2.05, 4.69) is 38.2 Å². The number of hydrogen-bond acceptors (Lipinski definition) is 6. The molecule has 5 aromatic rings. The number of fused-ring (bicyclic) bond motifs is 3. The molecule has 4 aromatic heterocycles. The van der Waals surface area contributed by atoms with E-state index in [1.165, 1.54) is 0 Å². The molecule has 0 saturated carbocycles. The van der Waals surface area contributed by atoms with E-state index in [1.807, 2.05) is 32.2 Å². The van der Waals surface area contributed by atoms with Gasteiger partial charge in [0.2, 0.25) is 0 Å². The van der Waals surface area contributed by atoms with E-state index < -0.39 is 5.97 Å². The molecule has 36 heavy (non-hydrogen) atoms. The minimum Gasteiger partial charge on any atom is -0.476 e. The van der Waals surface area contributed by atoms with Crippen molar-refractivity contribution >= 4 is 28.0 Å². The topological polar surface area (TPSA) is 113 Å². The summed E-state index contributed by atoms with van der Waals surface area (Å²) in [6.45, 7) is 3.28. The van der Waals surface area contributed by atoms with Gasteiger partial charge in [0.25, 0.3) is 0 Å². The van der Waals surface area contributed by atoms with Gasteiger partial charge in [0, 0.05) is 39.1 Å². The molecule has 0 radical (unpaired) electrons. The molecule has 10 heteroatoms. The fourth-order valence-electron chi connectivity index (χ4n) is 5.68. The summed E-state index contributed by atoms with van der Waals surface area (Å²) in [5.74, 6) is -0.805. The van der Waals surface area contributed by atoms with Crippen LogP contribution in [0.15, 0.2) is 42.6 Å². The molecule has 1 aromatic carbocycles. The highest BCUT2D eigenvalue weighted by molar-refractivity contribution is 6.11. The molecule has 1 atom stereocenters. The van der Waals surface area contributed by atoms with Crippen molar-refractivity contribution in [1.82, 2.24) is 34.3 Å². The van der Waals surface area contributed by atoms with Crippen molar-refractivity contribution < 1.29 is 14.6 Å². The van der Waals surface area contributed by atoms with Gasteiger partial charge in [-0.05, 0) is 37.3 Å². The predicted octanol–water partition coefficient (Wildman–Crippen LogP) is 3.74. The van der Waals surface area contributed by atoms with Gasteiger partial charge in [0.05, 0.1) is 22.9 Å². The molecule has 1 unspecified atom stereocenters. The zero-order valence-electron chi connectivity index (χ0n) is 20.4. The zero-order chi connectivity index (χ0) is 25.0. The second-order valence-electron chi connectivity index (χ2n) is 9.39. The number of ether oxygens (including phenoxy) is 1. The minimum atomic E-state index is -1.06. The van der Waals surface area contributed by atoms with E-state index in [0.717, 1.165) is 46.4 Å². The van der Waals surface area contributed by atoms with Gasteiger partial charge in [-0.2, -0.15) is 5.10 Å². The summed E-state index contributed by atoms with van der Waals surface area (Å²) in [6, 6.07) is 12.2. The van der Waals surface area contributed by atoms with Crippen molar-refractivity contribution in [2.45, 2.75) is 25.8 Å². The Balaban J connectivity index is 1.72. The largest absolute Gasteiger partial charge is 0.476 e. The summed E-state index contributed by atoms with van der Waals surface area (Å²) in [4.78, 5) is 17.2. The lowest BCUT2D eigenvalue weighted by Gasteiger charge is -2.33. The van der Waals surface area contributed by atoms with Gasteiger partial charge in [0.1, 0.15) is 16.6 Å². The zero-order valence-corrected chi connectivity index (χ0v) is 20.4. The first-order valence-electron chi connectivity index (χ1n) is 12.0. The predicted molar refractivity (Wildman–Crippen MR) is 134 cm³/mol. The number of nitrogens with zero attached hydrogens (tertiary/aromatic N) is 7. The van der Waals surface area contributed by atoms with Crippen LogP contribution in [-0.4, -0.2) is 58.6 Å². The summed E-state index contributed by atoms with van der Waals surface area (Å²) >= 11 is 0. The number of rotatable bonds is 5. The molecule has 0 aliphatic carbocycles. The quantitative estimate of drug-likeness (QED) is 0.403. The Morgan fingerprint density at radius 1 is 1.11 bits per heavy atom. The van der Waals surface area contributed by atoms with Gasteiger partial charge in [-0.1, -0.05) is 35.5 Å². The van der Waals surface area contributed by atoms with Crippen LogP contribution in [0.3, 0.4) is 0 Å². The van der Waals surface area contributed by atoms with Crippen LogP contribution in [-0.2, 0) is 18.8 Å². The lowest BCUT2D eigenvalue weighted by atomic mass is 9.86. The molecule has 10 nitrogen and oxygen atoms in total. The lowest BCUT2D eigenvalue weighted by Crippen LogP contribution is -2.27. The van der Waals surface area contributed by atoms with Gasteiger partial charge in [-0.25, -0.2) is 9.48 Å². The third kappa shape index (κ3) is 3.40. The van der Waals surface area contributed by atoms with Crippen LogP contribution in [0.2, 0.25) is 0 Å². The maximum atomic E-state index is 12.4. The first-order chi connectivity index (χ1) is 17.5. The molecule has 1 N–H and O–H groups in total. The second-order valence-corrected chi connectivity index (χ2v) is 9.39. The Morgan fingerprint density at radius 3 is 2.53 bits per heavy atom. The Bertz CT molecular complexity index is 1570. The summed E-state index contributed by atoms with van der Waals surface area (Å²) in [5, 5.41) is 22.9. The summed E-state index contributed by atoms with van der Waals surface area (Å²) in [6.07, 6.45) is 3.56. The normalized spacial score (nSPS) is 15.6. The average Bonchev–Trinajstić information content (AvgIpc) is 3.52. The Morgan fingerprint density at radius 2 is 1.86 bits per heavy atom. The van der Waals surface area contributed by atoms with Gasteiger partial charge in [0.15, 0.2) is 5.69 Å². The highest BCUT2D eigenvalue weighted by Crippen LogP contribution is 2.42. The molecule has 0 spiro atoms. The molecule has 0 amide bonds. The summed E-state index contributed by atoms with van der Waals surface area (Å²) in [5.41, 5.74) is 6.58. The van der Waals surface area contributed by atoms with Crippen molar-refractivity contribution in [2.75, 3.05) is 13.2 Å². The standard InChI is InChI=1S/C26H27N7O3/c1-15-22(32(3)30-28-15)18-13-19-20(27-14-18)24-25(21(26(34)35)29-31(24)2)33(19)23(16-7-5-4-6-8-16)17-9-11-36-12-10-17/h4-8,13-14,17,23H,9-12H2,1-3H3,(H,34,35). The van der Waals surface area contributed by atoms with Gasteiger partial charge in [-0.15, -0.1) is 5.10 Å². The molecule has 6 rings (SSSR count). The van der Waals surface area contributed by atoms with Crippen LogP contribution >= 0.6 is 0 Å². The van der Waals surface area contributed by atoms with Crippen LogP contribution in [0.5, 0.6) is 0 Å². The summed E-state index contributed by atoms with van der Waals surface area (Å²) in [7, 11) is 3.63. The Labute approximate surface area is 207 Å². The Hall–Kier alpha value is -4.05. The number of carboxylic acid groups (broad SMARTS) is 1. The van der Waals surface area contributed by atoms with Crippen molar-refractivity contribution in [3.63, 3.8) is 0 Å². The van der Waals surface area contributed by atoms with E-state index in [9.17, 15) is 9.90 Å². The highest BCUT2D eigenvalue weighted by atomic mass is 16.5. The average molecular weight is 486 g/mol. The van der Waals surface area contributed by atoms with Crippen LogP contribution in [0, 0.1) is 12.8 Å². The fourth-order valence-corrected chi connectivity index (χ4v) is 5.68. The van der Waals surface area contributed by atoms with Gasteiger partial charge >= 0.3 is 5.97 Å². The number of carbonyl (C=O) groups is 1. The lowest BCUT2D eigenvalue weighted by molar-refractivity contribution is 0.0551. The minimum absolute atomic E-state index is 0.0263. The third-order valence-corrected chi connectivity index (χ3v) is 7.22. The fraction of sp³-hybridized carbons (Fsp3) is 0.346. The number of aromatic nitrogens is 7. The highest BCUT2D eigenvalue weighted by Gasteiger charge is 2.33. The molecular formula is C26H27N7O3. The molecule has 1 fully saturated rings. The first kappa shape index (κ1) is 22.4. The van der Waals surface area contributed by atoms with E-state index in [0.29, 0.717) is 24.2 Å². The number of carboxylic acids is 1. The molecule has 1 saturated heterocycles. The number of hydrogen-bond donors (Lipinski definition) is 1. The van der Waals surface area contributed by atoms with Crippen LogP contribution < -0.4 is 0 Å². The smallest absolute Gasteiger partial charge is 0.358 e. The van der Waals surface area contributed by atoms with E-state index in [1.54, 1.807) is 22.6 Å². The molecule has 1 aliphatic rings. The molecule has 0 bridgehead atoms. The second kappa shape index (κ2) is 8.56. The molecule has 1 aliphatic heterocycles. The number of aromatic carboxylic acids is 1. The first-order valence-corrected chi connectivity index (χ1v) is 12.0. The SMILES string of the molecule is Cc1nnn(C)c1-c1cnc2c3c(c(C(=O)O)nn3C)n(C(c3ccccc3)C3CCOCC3)c2c1. The van der Waals surface area contributed by atoms with Crippen molar-refractivity contribution in [3.8, 4) is 11.3 Å². The van der Waals surface area contributed by atoms with E-state index in [-0.39, 0.29) is 17.7 Å². The number of pyridine rings is 1. The van der Waals surface area contributed by atoms with Crippen molar-refractivity contribution in [3.05, 3.63) is 59.5 Å². The van der Waals surface area contributed by atoms with Crippen LogP contribution in [0.25, 0.3) is 33.3 Å². The maximum absolute atomic E-state index is 12.4. The number of aryl methyl sites for hydroxylation is 3. The molecule has 184 valence electrons. The Kier molecular flexibility index (Phi) is 5.33.